The molecule has 0 saturated carbocycles. The van der Waals surface area contributed by atoms with Crippen LogP contribution >= 0.6 is 11.6 Å². The maximum Gasteiger partial charge on any atom is 0.119 e. The summed E-state index contributed by atoms with van der Waals surface area (Å²) in [5.74, 6) is 1.95. The molecule has 2 aliphatic rings. The lowest BCUT2D eigenvalue weighted by atomic mass is 9.77. The summed E-state index contributed by atoms with van der Waals surface area (Å²) in [4.78, 5) is 0. The third-order valence-corrected chi connectivity index (χ3v) is 5.13. The molecule has 0 spiro atoms. The third kappa shape index (κ3) is 2.61. The van der Waals surface area contributed by atoms with Gasteiger partial charge >= 0.3 is 0 Å². The van der Waals surface area contributed by atoms with E-state index < -0.39 is 0 Å². The Balaban J connectivity index is 1.72. The molecule has 2 aromatic rings. The van der Waals surface area contributed by atoms with Crippen molar-refractivity contribution >= 4 is 17.3 Å². The standard InChI is InChI=1S/C20H20ClNO/c1-2-23-15-10-11-19-18(12-15)16-4-3-5-17(16)20(22-19)13-6-8-14(21)9-7-13/h3-4,6-12,16-17,20,22H,2,5H2,1H3. The van der Waals surface area contributed by atoms with Gasteiger partial charge in [-0.3, -0.25) is 0 Å². The van der Waals surface area contributed by atoms with E-state index in [0.29, 0.717) is 24.5 Å². The van der Waals surface area contributed by atoms with E-state index in [1.165, 1.54) is 16.8 Å². The third-order valence-electron chi connectivity index (χ3n) is 4.87. The van der Waals surface area contributed by atoms with E-state index in [1.54, 1.807) is 0 Å². The van der Waals surface area contributed by atoms with E-state index in [0.717, 1.165) is 17.2 Å². The molecule has 0 amide bonds. The van der Waals surface area contributed by atoms with Gasteiger partial charge in [0, 0.05) is 16.6 Å². The second-order valence-electron chi connectivity index (χ2n) is 6.21. The fraction of sp³-hybridized carbons (Fsp3) is 0.300. The number of hydrogen-bond acceptors (Lipinski definition) is 2. The van der Waals surface area contributed by atoms with Gasteiger partial charge in [-0.2, -0.15) is 0 Å². The second kappa shape index (κ2) is 5.93. The highest BCUT2D eigenvalue weighted by atomic mass is 35.5. The largest absolute Gasteiger partial charge is 0.494 e. The van der Waals surface area contributed by atoms with Crippen LogP contribution in [0.2, 0.25) is 5.02 Å². The SMILES string of the molecule is CCOc1ccc2c(c1)C1C=CCC1C(c1ccc(Cl)cc1)N2. The van der Waals surface area contributed by atoms with Crippen LogP contribution in [0.25, 0.3) is 0 Å². The Morgan fingerprint density at radius 2 is 2.00 bits per heavy atom. The van der Waals surface area contributed by atoms with Crippen LogP contribution in [0.5, 0.6) is 5.75 Å². The van der Waals surface area contributed by atoms with Crippen LogP contribution < -0.4 is 10.1 Å². The van der Waals surface area contributed by atoms with Crippen molar-refractivity contribution in [3.8, 4) is 5.75 Å². The van der Waals surface area contributed by atoms with Crippen molar-refractivity contribution in [2.75, 3.05) is 11.9 Å². The van der Waals surface area contributed by atoms with Gasteiger partial charge in [0.25, 0.3) is 0 Å². The van der Waals surface area contributed by atoms with Crippen molar-refractivity contribution < 1.29 is 4.74 Å². The average molecular weight is 326 g/mol. The summed E-state index contributed by atoms with van der Waals surface area (Å²) < 4.78 is 5.68. The minimum atomic E-state index is 0.317. The molecule has 0 radical (unpaired) electrons. The summed E-state index contributed by atoms with van der Waals surface area (Å²) in [6.45, 7) is 2.72. The molecule has 23 heavy (non-hydrogen) atoms. The lowest BCUT2D eigenvalue weighted by Gasteiger charge is -2.37. The number of nitrogens with one attached hydrogen (secondary N) is 1. The Morgan fingerprint density at radius 1 is 1.17 bits per heavy atom. The maximum atomic E-state index is 6.04. The van der Waals surface area contributed by atoms with Crippen LogP contribution in [0.3, 0.4) is 0 Å². The first kappa shape index (κ1) is 14.6. The number of halogens is 1. The number of hydrogen-bond donors (Lipinski definition) is 1. The molecule has 1 aliphatic carbocycles. The van der Waals surface area contributed by atoms with Gasteiger partial charge in [0.05, 0.1) is 12.6 Å². The number of allylic oxidation sites excluding steroid dienone is 2. The van der Waals surface area contributed by atoms with Crippen LogP contribution in [-0.4, -0.2) is 6.61 Å². The molecule has 0 aromatic heterocycles. The molecule has 3 unspecified atom stereocenters. The fourth-order valence-corrected chi connectivity index (χ4v) is 3.96. The molecule has 3 atom stereocenters. The Kier molecular flexibility index (Phi) is 3.78. The molecule has 2 aromatic carbocycles. The van der Waals surface area contributed by atoms with Crippen molar-refractivity contribution in [1.29, 1.82) is 0 Å². The molecule has 3 heteroatoms. The van der Waals surface area contributed by atoms with E-state index in [9.17, 15) is 0 Å². The van der Waals surface area contributed by atoms with Crippen molar-refractivity contribution in [1.82, 2.24) is 0 Å². The summed E-state index contributed by atoms with van der Waals surface area (Å²) in [7, 11) is 0. The zero-order valence-corrected chi connectivity index (χ0v) is 13.9. The molecule has 1 aliphatic heterocycles. The Bertz CT molecular complexity index is 738. The van der Waals surface area contributed by atoms with Gasteiger partial charge in [0.1, 0.15) is 5.75 Å². The van der Waals surface area contributed by atoms with E-state index in [4.69, 9.17) is 16.3 Å². The molecular weight excluding hydrogens is 306 g/mol. The Labute approximate surface area is 142 Å². The van der Waals surface area contributed by atoms with Gasteiger partial charge < -0.3 is 10.1 Å². The molecule has 0 fully saturated rings. The molecule has 1 N–H and O–H groups in total. The summed E-state index contributed by atoms with van der Waals surface area (Å²) in [6.07, 6.45) is 5.76. The quantitative estimate of drug-likeness (QED) is 0.745. The van der Waals surface area contributed by atoms with Gasteiger partial charge in [-0.25, -0.2) is 0 Å². The summed E-state index contributed by atoms with van der Waals surface area (Å²) in [5.41, 5.74) is 3.86. The molecule has 4 rings (SSSR count). The highest BCUT2D eigenvalue weighted by Crippen LogP contribution is 2.50. The molecule has 0 bridgehead atoms. The van der Waals surface area contributed by atoms with Crippen LogP contribution in [0, 0.1) is 5.92 Å². The van der Waals surface area contributed by atoms with Gasteiger partial charge in [-0.1, -0.05) is 35.9 Å². The van der Waals surface area contributed by atoms with Crippen LogP contribution in [0.15, 0.2) is 54.6 Å². The van der Waals surface area contributed by atoms with Crippen molar-refractivity contribution in [3.05, 3.63) is 70.8 Å². The van der Waals surface area contributed by atoms with Gasteiger partial charge in [0.15, 0.2) is 0 Å². The van der Waals surface area contributed by atoms with Crippen molar-refractivity contribution in [3.63, 3.8) is 0 Å². The zero-order chi connectivity index (χ0) is 15.8. The average Bonchev–Trinajstić information content (AvgIpc) is 3.05. The first-order chi connectivity index (χ1) is 11.3. The predicted molar refractivity (Wildman–Crippen MR) is 95.4 cm³/mol. The zero-order valence-electron chi connectivity index (χ0n) is 13.1. The number of ether oxygens (including phenoxy) is 1. The molecule has 1 heterocycles. The lowest BCUT2D eigenvalue weighted by molar-refractivity contribution is 0.338. The summed E-state index contributed by atoms with van der Waals surface area (Å²) in [6, 6.07) is 14.9. The maximum absolute atomic E-state index is 6.04. The van der Waals surface area contributed by atoms with E-state index >= 15 is 0 Å². The fourth-order valence-electron chi connectivity index (χ4n) is 3.83. The Morgan fingerprint density at radius 3 is 2.78 bits per heavy atom. The molecular formula is C20H20ClNO. The van der Waals surface area contributed by atoms with E-state index in [2.05, 4.69) is 41.7 Å². The van der Waals surface area contributed by atoms with Crippen LogP contribution in [0.4, 0.5) is 5.69 Å². The number of fused-ring (bicyclic) bond motifs is 3. The summed E-state index contributed by atoms with van der Waals surface area (Å²) >= 11 is 6.04. The first-order valence-electron chi connectivity index (χ1n) is 8.21. The summed E-state index contributed by atoms with van der Waals surface area (Å²) in [5, 5.41) is 4.52. The normalized spacial score (nSPS) is 24.7. The highest BCUT2D eigenvalue weighted by molar-refractivity contribution is 6.30. The minimum absolute atomic E-state index is 0.317. The van der Waals surface area contributed by atoms with Crippen LogP contribution in [-0.2, 0) is 0 Å². The minimum Gasteiger partial charge on any atom is -0.494 e. The monoisotopic (exact) mass is 325 g/mol. The molecule has 118 valence electrons. The molecule has 2 nitrogen and oxygen atoms in total. The van der Waals surface area contributed by atoms with Gasteiger partial charge in [-0.05, 0) is 60.7 Å². The lowest BCUT2D eigenvalue weighted by Crippen LogP contribution is -2.29. The van der Waals surface area contributed by atoms with E-state index in [1.807, 2.05) is 25.1 Å². The number of anilines is 1. The van der Waals surface area contributed by atoms with Crippen molar-refractivity contribution in [2.24, 2.45) is 5.92 Å². The second-order valence-corrected chi connectivity index (χ2v) is 6.65. The molecule has 0 saturated heterocycles. The van der Waals surface area contributed by atoms with Gasteiger partial charge in [0.2, 0.25) is 0 Å². The number of benzene rings is 2. The predicted octanol–water partition coefficient (Wildman–Crippen LogP) is 5.57. The first-order valence-corrected chi connectivity index (χ1v) is 8.59. The van der Waals surface area contributed by atoms with Crippen molar-refractivity contribution in [2.45, 2.75) is 25.3 Å². The van der Waals surface area contributed by atoms with E-state index in [-0.39, 0.29) is 0 Å². The topological polar surface area (TPSA) is 21.3 Å². The Hall–Kier alpha value is -1.93. The van der Waals surface area contributed by atoms with Crippen LogP contribution in [0.1, 0.15) is 36.4 Å². The highest BCUT2D eigenvalue weighted by Gasteiger charge is 2.37. The smallest absolute Gasteiger partial charge is 0.119 e. The van der Waals surface area contributed by atoms with Gasteiger partial charge in [-0.15, -0.1) is 0 Å². The number of rotatable bonds is 3.